The highest BCUT2D eigenvalue weighted by Crippen LogP contribution is 2.40. The molecule has 0 saturated heterocycles. The standard InChI is InChI=1S/C20H18N2O2S/c1-13-15(9-11-25-13)17-18(23)16-8-5-10-21-19(16)22(20(17)24)12-14-6-3-2-4-7-14/h2-8,10,23H,9,11-12H2,1H3. The van der Waals surface area contributed by atoms with E-state index in [1.54, 1.807) is 28.6 Å². The minimum absolute atomic E-state index is 0.0502. The number of allylic oxidation sites excluding steroid dienone is 2. The summed E-state index contributed by atoms with van der Waals surface area (Å²) in [4.78, 5) is 18.7. The molecule has 0 spiro atoms. The third-order valence-electron chi connectivity index (χ3n) is 4.57. The van der Waals surface area contributed by atoms with Crippen molar-refractivity contribution in [2.24, 2.45) is 0 Å². The summed E-state index contributed by atoms with van der Waals surface area (Å²) in [6.45, 7) is 2.45. The molecule has 1 aliphatic heterocycles. The summed E-state index contributed by atoms with van der Waals surface area (Å²) in [5.74, 6) is 0.998. The number of hydrogen-bond donors (Lipinski definition) is 1. The third kappa shape index (κ3) is 2.74. The fourth-order valence-electron chi connectivity index (χ4n) is 3.32. The first-order chi connectivity index (χ1) is 12.2. The molecule has 1 aliphatic rings. The van der Waals surface area contributed by atoms with Gasteiger partial charge in [0.25, 0.3) is 5.56 Å². The van der Waals surface area contributed by atoms with Crippen LogP contribution in [0.2, 0.25) is 0 Å². The number of benzene rings is 1. The smallest absolute Gasteiger partial charge is 0.263 e. The molecule has 0 bridgehead atoms. The molecule has 0 radical (unpaired) electrons. The Morgan fingerprint density at radius 1 is 1.20 bits per heavy atom. The maximum atomic E-state index is 13.3. The molecule has 25 heavy (non-hydrogen) atoms. The van der Waals surface area contributed by atoms with E-state index in [1.165, 1.54) is 0 Å². The predicted octanol–water partition coefficient (Wildman–Crippen LogP) is 4.02. The Bertz CT molecular complexity index is 1040. The summed E-state index contributed by atoms with van der Waals surface area (Å²) in [5.41, 5.74) is 2.75. The van der Waals surface area contributed by atoms with Crippen molar-refractivity contribution in [3.8, 4) is 5.75 Å². The summed E-state index contributed by atoms with van der Waals surface area (Å²) < 4.78 is 1.67. The summed E-state index contributed by atoms with van der Waals surface area (Å²) >= 11 is 1.74. The lowest BCUT2D eigenvalue weighted by Gasteiger charge is -2.15. The van der Waals surface area contributed by atoms with Crippen molar-refractivity contribution in [1.29, 1.82) is 0 Å². The monoisotopic (exact) mass is 350 g/mol. The van der Waals surface area contributed by atoms with E-state index >= 15 is 0 Å². The largest absolute Gasteiger partial charge is 0.506 e. The first kappa shape index (κ1) is 16.0. The zero-order chi connectivity index (χ0) is 17.4. The quantitative estimate of drug-likeness (QED) is 0.775. The van der Waals surface area contributed by atoms with Crippen LogP contribution in [0.1, 0.15) is 24.5 Å². The second-order valence-electron chi connectivity index (χ2n) is 6.11. The third-order valence-corrected chi connectivity index (χ3v) is 5.66. The van der Waals surface area contributed by atoms with Crippen LogP contribution in [-0.2, 0) is 6.54 Å². The summed E-state index contributed by atoms with van der Waals surface area (Å²) in [6.07, 6.45) is 2.45. The molecule has 0 saturated carbocycles. The molecule has 1 N–H and O–H groups in total. The van der Waals surface area contributed by atoms with Gasteiger partial charge in [0, 0.05) is 11.9 Å². The Kier molecular flexibility index (Phi) is 4.09. The molecule has 0 fully saturated rings. The number of rotatable bonds is 3. The highest BCUT2D eigenvalue weighted by atomic mass is 32.2. The van der Waals surface area contributed by atoms with Crippen LogP contribution in [0.25, 0.3) is 16.6 Å². The van der Waals surface area contributed by atoms with Crippen molar-refractivity contribution in [1.82, 2.24) is 9.55 Å². The van der Waals surface area contributed by atoms with E-state index in [2.05, 4.69) is 4.98 Å². The van der Waals surface area contributed by atoms with E-state index in [0.29, 0.717) is 23.1 Å². The average molecular weight is 350 g/mol. The van der Waals surface area contributed by atoms with E-state index in [9.17, 15) is 9.90 Å². The molecule has 2 aromatic heterocycles. The second kappa shape index (κ2) is 6.41. The number of thioether (sulfide) groups is 1. The molecule has 0 unspecified atom stereocenters. The molecule has 0 aliphatic carbocycles. The number of hydrogen-bond acceptors (Lipinski definition) is 4. The van der Waals surface area contributed by atoms with Crippen molar-refractivity contribution < 1.29 is 5.11 Å². The Hall–Kier alpha value is -2.53. The van der Waals surface area contributed by atoms with E-state index in [0.717, 1.165) is 28.2 Å². The highest BCUT2D eigenvalue weighted by Gasteiger charge is 2.24. The minimum atomic E-state index is -0.176. The van der Waals surface area contributed by atoms with Crippen molar-refractivity contribution in [3.05, 3.63) is 75.0 Å². The zero-order valence-corrected chi connectivity index (χ0v) is 14.7. The lowest BCUT2D eigenvalue weighted by molar-refractivity contribution is 0.476. The van der Waals surface area contributed by atoms with Crippen LogP contribution in [0.3, 0.4) is 0 Å². The first-order valence-electron chi connectivity index (χ1n) is 8.24. The van der Waals surface area contributed by atoms with Gasteiger partial charge in [0.2, 0.25) is 0 Å². The molecular formula is C20H18N2O2S. The van der Waals surface area contributed by atoms with Crippen LogP contribution >= 0.6 is 11.8 Å². The average Bonchev–Trinajstić information content (AvgIpc) is 3.05. The Labute approximate surface area is 149 Å². The fraction of sp³-hybridized carbons (Fsp3) is 0.200. The van der Waals surface area contributed by atoms with E-state index in [1.807, 2.05) is 43.3 Å². The van der Waals surface area contributed by atoms with Gasteiger partial charge in [0.15, 0.2) is 0 Å². The van der Waals surface area contributed by atoms with Crippen LogP contribution < -0.4 is 5.56 Å². The van der Waals surface area contributed by atoms with Crippen LogP contribution in [0.15, 0.2) is 58.4 Å². The zero-order valence-electron chi connectivity index (χ0n) is 13.9. The lowest BCUT2D eigenvalue weighted by Crippen LogP contribution is -2.25. The fourth-order valence-corrected chi connectivity index (χ4v) is 4.31. The highest BCUT2D eigenvalue weighted by molar-refractivity contribution is 8.03. The maximum absolute atomic E-state index is 13.3. The van der Waals surface area contributed by atoms with Gasteiger partial charge in [-0.15, -0.1) is 11.8 Å². The molecule has 1 aromatic carbocycles. The Morgan fingerprint density at radius 3 is 2.72 bits per heavy atom. The Morgan fingerprint density at radius 2 is 2.00 bits per heavy atom. The summed E-state index contributed by atoms with van der Waals surface area (Å²) in [7, 11) is 0. The van der Waals surface area contributed by atoms with Crippen LogP contribution in [-0.4, -0.2) is 20.4 Å². The van der Waals surface area contributed by atoms with Gasteiger partial charge < -0.3 is 5.11 Å². The van der Waals surface area contributed by atoms with E-state index in [4.69, 9.17) is 0 Å². The Balaban J connectivity index is 2.01. The van der Waals surface area contributed by atoms with Crippen molar-refractivity contribution >= 4 is 28.4 Å². The van der Waals surface area contributed by atoms with E-state index < -0.39 is 0 Å². The van der Waals surface area contributed by atoms with E-state index in [-0.39, 0.29) is 11.3 Å². The SMILES string of the molecule is CC1=C(c2c(O)c3cccnc3n(Cc3ccccc3)c2=O)CCS1. The predicted molar refractivity (Wildman–Crippen MR) is 103 cm³/mol. The maximum Gasteiger partial charge on any atom is 0.263 e. The van der Waals surface area contributed by atoms with Crippen molar-refractivity contribution in [2.75, 3.05) is 5.75 Å². The number of aromatic hydroxyl groups is 1. The molecule has 4 rings (SSSR count). The van der Waals surface area contributed by atoms with Gasteiger partial charge in [-0.25, -0.2) is 4.98 Å². The molecule has 0 amide bonds. The second-order valence-corrected chi connectivity index (χ2v) is 7.42. The summed E-state index contributed by atoms with van der Waals surface area (Å²) in [6, 6.07) is 13.4. The van der Waals surface area contributed by atoms with Gasteiger partial charge in [-0.3, -0.25) is 9.36 Å². The number of nitrogens with zero attached hydrogens (tertiary/aromatic N) is 2. The topological polar surface area (TPSA) is 55.1 Å². The van der Waals surface area contributed by atoms with Gasteiger partial charge in [-0.1, -0.05) is 30.3 Å². The van der Waals surface area contributed by atoms with Gasteiger partial charge in [-0.05, 0) is 41.5 Å². The van der Waals surface area contributed by atoms with Gasteiger partial charge in [0.05, 0.1) is 17.5 Å². The normalized spacial score (nSPS) is 14.4. The lowest BCUT2D eigenvalue weighted by atomic mass is 10.0. The van der Waals surface area contributed by atoms with Gasteiger partial charge in [-0.2, -0.15) is 0 Å². The molecule has 0 atom stereocenters. The molecule has 3 heterocycles. The molecule has 5 heteroatoms. The van der Waals surface area contributed by atoms with Gasteiger partial charge >= 0.3 is 0 Å². The van der Waals surface area contributed by atoms with Crippen LogP contribution in [0, 0.1) is 0 Å². The molecule has 4 nitrogen and oxygen atoms in total. The number of aromatic nitrogens is 2. The molecular weight excluding hydrogens is 332 g/mol. The van der Waals surface area contributed by atoms with Gasteiger partial charge in [0.1, 0.15) is 11.4 Å². The number of fused-ring (bicyclic) bond motifs is 1. The first-order valence-corrected chi connectivity index (χ1v) is 9.22. The van der Waals surface area contributed by atoms with Crippen molar-refractivity contribution in [2.45, 2.75) is 19.9 Å². The molecule has 3 aromatic rings. The number of pyridine rings is 2. The van der Waals surface area contributed by atoms with Crippen molar-refractivity contribution in [3.63, 3.8) is 0 Å². The molecule has 126 valence electrons. The summed E-state index contributed by atoms with van der Waals surface area (Å²) in [5, 5.41) is 11.4. The van der Waals surface area contributed by atoms with Crippen LogP contribution in [0.5, 0.6) is 5.75 Å². The van der Waals surface area contributed by atoms with Crippen LogP contribution in [0.4, 0.5) is 0 Å². The minimum Gasteiger partial charge on any atom is -0.506 e.